The molecule has 2 unspecified atom stereocenters. The Hall–Kier alpha value is -3.57. The fourth-order valence-electron chi connectivity index (χ4n) is 9.44. The smallest absolute Gasteiger partial charge is 0.319 e. The number of piperazine rings is 1. The minimum Gasteiger partial charge on any atom is -0.467 e. The Kier molecular flexibility index (Phi) is 7.54. The van der Waals surface area contributed by atoms with E-state index in [0.717, 1.165) is 55.7 Å². The van der Waals surface area contributed by atoms with Gasteiger partial charge in [0.05, 0.1) is 22.9 Å². The van der Waals surface area contributed by atoms with Gasteiger partial charge in [0, 0.05) is 85.0 Å². The van der Waals surface area contributed by atoms with Crippen LogP contribution in [0, 0.1) is 16.7 Å². The molecule has 1 aromatic heterocycles. The highest BCUT2D eigenvalue weighted by Crippen LogP contribution is 2.61. The van der Waals surface area contributed by atoms with Crippen molar-refractivity contribution >= 4 is 44.3 Å². The van der Waals surface area contributed by atoms with Crippen LogP contribution in [0.15, 0.2) is 30.3 Å². The zero-order valence-electron chi connectivity index (χ0n) is 27.5. The lowest BCUT2D eigenvalue weighted by molar-refractivity contribution is 0.0512. The van der Waals surface area contributed by atoms with E-state index >= 15 is 0 Å². The van der Waals surface area contributed by atoms with E-state index in [-0.39, 0.29) is 30.9 Å². The maximum atomic E-state index is 14.7. The molecule has 1 saturated carbocycles. The molecule has 2 bridgehead atoms. The summed E-state index contributed by atoms with van der Waals surface area (Å²) in [7, 11) is 1.55. The fourth-order valence-corrected chi connectivity index (χ4v) is 10.3. The van der Waals surface area contributed by atoms with Gasteiger partial charge in [-0.1, -0.05) is 12.1 Å². The van der Waals surface area contributed by atoms with Crippen molar-refractivity contribution in [2.45, 2.75) is 68.7 Å². The molecule has 5 aliphatic heterocycles. The van der Waals surface area contributed by atoms with Crippen LogP contribution in [0.1, 0.15) is 60.1 Å². The molecule has 4 saturated heterocycles. The third-order valence-corrected chi connectivity index (χ3v) is 13.0. The number of carbonyl (C=O) groups excluding carboxylic acids is 1. The summed E-state index contributed by atoms with van der Waals surface area (Å²) < 4.78 is 34.4. The summed E-state index contributed by atoms with van der Waals surface area (Å²) in [6.45, 7) is 3.60. The molecule has 9 rings (SSSR count). The monoisotopic (exact) mass is 731 g/mol. The number of nitriles is 1. The SMILES string of the molecule is COCOc1cc(N2CCc3c(nc(OC[C@@]45CCCN4C[C@H](F)C5)nc3N3CC4CC5(CC5)C(C3)N4Br)C2=O)c2c(C#N)cccc2c1. The third kappa shape index (κ3) is 5.08. The van der Waals surface area contributed by atoms with Gasteiger partial charge in [-0.3, -0.25) is 9.69 Å². The standard InChI is InChI=1S/C36H39BrFN7O4/c1-47-21-49-26-12-22-4-2-5-23(16-39)30(22)28(13-26)44-11-6-27-31(33(44)46)40-34(48-20-36-7-3-10-43(36)17-24(38)14-36)41-32(27)42-18-25-15-35(8-9-35)29(19-42)45(25)37/h2,4-5,12-13,24-25,29H,3,6-11,14-15,17-21H2,1H3/t24-,25?,29?,36+/m1/s1. The Balaban J connectivity index is 1.11. The van der Waals surface area contributed by atoms with Gasteiger partial charge in [-0.05, 0) is 68.0 Å². The number of rotatable bonds is 8. The Labute approximate surface area is 293 Å². The Morgan fingerprint density at radius 1 is 1.10 bits per heavy atom. The summed E-state index contributed by atoms with van der Waals surface area (Å²) in [4.78, 5) is 30.8. The number of nitrogens with zero attached hydrogens (tertiary/aromatic N) is 7. The van der Waals surface area contributed by atoms with Gasteiger partial charge in [0.1, 0.15) is 30.0 Å². The van der Waals surface area contributed by atoms with Crippen molar-refractivity contribution in [2.75, 3.05) is 63.0 Å². The summed E-state index contributed by atoms with van der Waals surface area (Å²) in [5.74, 6) is 1.01. The zero-order chi connectivity index (χ0) is 33.5. The van der Waals surface area contributed by atoms with Crippen molar-refractivity contribution in [1.82, 2.24) is 18.8 Å². The number of anilines is 2. The lowest BCUT2D eigenvalue weighted by atomic mass is 9.95. The second-order valence-corrected chi connectivity index (χ2v) is 15.5. The second-order valence-electron chi connectivity index (χ2n) is 14.7. The highest BCUT2D eigenvalue weighted by molar-refractivity contribution is 9.07. The molecule has 11 nitrogen and oxygen atoms in total. The first-order chi connectivity index (χ1) is 23.8. The molecule has 13 heteroatoms. The molecule has 4 atom stereocenters. The van der Waals surface area contributed by atoms with E-state index in [1.807, 2.05) is 18.2 Å². The summed E-state index contributed by atoms with van der Waals surface area (Å²) in [6.07, 6.45) is 5.61. The molecule has 6 heterocycles. The van der Waals surface area contributed by atoms with Crippen LogP contribution in [0.2, 0.25) is 0 Å². The largest absolute Gasteiger partial charge is 0.467 e. The molecule has 1 amide bonds. The number of ether oxygens (including phenoxy) is 3. The van der Waals surface area contributed by atoms with Crippen molar-refractivity contribution in [1.29, 1.82) is 5.26 Å². The number of amides is 1. The minimum absolute atomic E-state index is 0.0456. The summed E-state index contributed by atoms with van der Waals surface area (Å²) in [5, 5.41) is 11.5. The first-order valence-electron chi connectivity index (χ1n) is 17.3. The number of benzene rings is 2. The van der Waals surface area contributed by atoms with Crippen LogP contribution in [-0.2, 0) is 11.2 Å². The second kappa shape index (κ2) is 11.8. The average molecular weight is 733 g/mol. The van der Waals surface area contributed by atoms with Crippen LogP contribution in [0.4, 0.5) is 15.9 Å². The molecule has 3 aromatic rings. The van der Waals surface area contributed by atoms with E-state index in [9.17, 15) is 14.4 Å². The van der Waals surface area contributed by atoms with Gasteiger partial charge in [0.15, 0.2) is 6.79 Å². The van der Waals surface area contributed by atoms with E-state index in [1.54, 1.807) is 24.1 Å². The van der Waals surface area contributed by atoms with Gasteiger partial charge < -0.3 is 24.0 Å². The molecule has 0 radical (unpaired) electrons. The molecule has 1 spiro atoms. The van der Waals surface area contributed by atoms with Crippen LogP contribution >= 0.6 is 16.1 Å². The molecule has 0 N–H and O–H groups in total. The van der Waals surface area contributed by atoms with Crippen LogP contribution < -0.4 is 19.3 Å². The number of hydrogen-bond acceptors (Lipinski definition) is 10. The normalized spacial score (nSPS) is 28.6. The topological polar surface area (TPSA) is 107 Å². The molecule has 6 aliphatic rings. The summed E-state index contributed by atoms with van der Waals surface area (Å²) in [5.41, 5.74) is 2.17. The van der Waals surface area contributed by atoms with Gasteiger partial charge in [-0.2, -0.15) is 15.2 Å². The van der Waals surface area contributed by atoms with Gasteiger partial charge in [0.2, 0.25) is 0 Å². The van der Waals surface area contributed by atoms with E-state index < -0.39 is 6.17 Å². The lowest BCUT2D eigenvalue weighted by Crippen LogP contribution is -2.52. The van der Waals surface area contributed by atoms with Gasteiger partial charge in [-0.25, -0.2) is 8.32 Å². The zero-order valence-corrected chi connectivity index (χ0v) is 29.1. The number of aromatic nitrogens is 2. The number of carbonyl (C=O) groups is 1. The van der Waals surface area contributed by atoms with E-state index in [2.05, 4.69) is 35.9 Å². The van der Waals surface area contributed by atoms with Crippen LogP contribution in [0.5, 0.6) is 11.8 Å². The van der Waals surface area contributed by atoms with E-state index in [1.165, 1.54) is 12.8 Å². The quantitative estimate of drug-likeness (QED) is 0.232. The van der Waals surface area contributed by atoms with Crippen molar-refractivity contribution in [3.63, 3.8) is 0 Å². The fraction of sp³-hybridized carbons (Fsp3) is 0.556. The molecule has 49 heavy (non-hydrogen) atoms. The highest BCUT2D eigenvalue weighted by Gasteiger charge is 2.61. The summed E-state index contributed by atoms with van der Waals surface area (Å²) >= 11 is 3.89. The average Bonchev–Trinajstić information content (AvgIpc) is 3.65. The maximum absolute atomic E-state index is 14.7. The first kappa shape index (κ1) is 31.4. The third-order valence-electron chi connectivity index (χ3n) is 11.9. The molecule has 1 aliphatic carbocycles. The Bertz CT molecular complexity index is 1890. The minimum atomic E-state index is -0.874. The van der Waals surface area contributed by atoms with E-state index in [4.69, 9.17) is 24.2 Å². The summed E-state index contributed by atoms with van der Waals surface area (Å²) in [6, 6.07) is 12.3. The predicted octanol–water partition coefficient (Wildman–Crippen LogP) is 5.00. The molecule has 5 fully saturated rings. The van der Waals surface area contributed by atoms with Crippen molar-refractivity contribution in [2.24, 2.45) is 5.41 Å². The van der Waals surface area contributed by atoms with E-state index in [0.29, 0.717) is 71.5 Å². The van der Waals surface area contributed by atoms with Crippen LogP contribution in [0.3, 0.4) is 0 Å². The van der Waals surface area contributed by atoms with Crippen molar-refractivity contribution in [3.8, 4) is 17.8 Å². The number of halogens is 2. The number of methoxy groups -OCH3 is 1. The number of fused-ring (bicyclic) bond motifs is 6. The van der Waals surface area contributed by atoms with Gasteiger partial charge in [-0.15, -0.1) is 0 Å². The van der Waals surface area contributed by atoms with Gasteiger partial charge >= 0.3 is 6.01 Å². The predicted molar refractivity (Wildman–Crippen MR) is 184 cm³/mol. The maximum Gasteiger partial charge on any atom is 0.319 e. The highest BCUT2D eigenvalue weighted by atomic mass is 79.9. The van der Waals surface area contributed by atoms with Crippen molar-refractivity contribution < 1.29 is 23.4 Å². The van der Waals surface area contributed by atoms with Crippen LogP contribution in [0.25, 0.3) is 10.8 Å². The van der Waals surface area contributed by atoms with Crippen LogP contribution in [-0.4, -0.2) is 102 Å². The molecular formula is C36H39BrFN7O4. The number of alkyl halides is 1. The Morgan fingerprint density at radius 3 is 2.80 bits per heavy atom. The molecule has 2 aromatic carbocycles. The number of hydrogen-bond donors (Lipinski definition) is 0. The molecular weight excluding hydrogens is 693 g/mol. The van der Waals surface area contributed by atoms with Crippen molar-refractivity contribution in [3.05, 3.63) is 47.2 Å². The molecule has 256 valence electrons. The van der Waals surface area contributed by atoms with Gasteiger partial charge in [0.25, 0.3) is 5.91 Å². The lowest BCUT2D eigenvalue weighted by Gasteiger charge is -2.40. The first-order valence-corrected chi connectivity index (χ1v) is 18.0. The Morgan fingerprint density at radius 2 is 1.98 bits per heavy atom.